The molecule has 1 fully saturated rings. The predicted octanol–water partition coefficient (Wildman–Crippen LogP) is 3.64. The maximum Gasteiger partial charge on any atom is 0.416 e. The zero-order valence-electron chi connectivity index (χ0n) is 16.5. The Kier molecular flexibility index (Phi) is 7.46. The number of hydrogen-bond donors (Lipinski definition) is 1. The quantitative estimate of drug-likeness (QED) is 0.313. The average Bonchev–Trinajstić information content (AvgIpc) is 2.65. The molecule has 6 nitrogen and oxygen atoms in total. The molecule has 1 N–H and O–H groups in total. The molecule has 1 unspecified atom stereocenters. The molecule has 1 saturated heterocycles. The van der Waals surface area contributed by atoms with Gasteiger partial charge in [0.2, 0.25) is 12.3 Å². The van der Waals surface area contributed by atoms with E-state index in [1.54, 1.807) is 18.7 Å². The third kappa shape index (κ3) is 5.29. The molecule has 0 radical (unpaired) electrons. The van der Waals surface area contributed by atoms with E-state index < -0.39 is 29.5 Å². The number of alkyl halides is 3. The molecule has 11 heteroatoms. The Morgan fingerprint density at radius 2 is 2.07 bits per heavy atom. The van der Waals surface area contributed by atoms with Gasteiger partial charge in [0.05, 0.1) is 30.1 Å². The fraction of sp³-hybridized carbons (Fsp3) is 0.421. The van der Waals surface area contributed by atoms with E-state index in [4.69, 9.17) is 11.6 Å². The molecule has 0 saturated carbocycles. The Bertz CT molecular complexity index is 869. The average molecular weight is 449 g/mol. The van der Waals surface area contributed by atoms with Crippen molar-refractivity contribution in [2.75, 3.05) is 13.1 Å². The zero-order chi connectivity index (χ0) is 22.6. The second-order valence-corrected chi connectivity index (χ2v) is 7.42. The van der Waals surface area contributed by atoms with Gasteiger partial charge in [0.15, 0.2) is 0 Å². The van der Waals surface area contributed by atoms with Crippen LogP contribution in [-0.4, -0.2) is 47.5 Å². The number of nitrogens with one attached hydrogen (secondary N) is 1. The third-order valence-electron chi connectivity index (χ3n) is 4.83. The van der Waals surface area contributed by atoms with Gasteiger partial charge < -0.3 is 9.80 Å². The van der Waals surface area contributed by atoms with Crippen molar-refractivity contribution >= 4 is 30.1 Å². The number of amides is 2. The van der Waals surface area contributed by atoms with Gasteiger partial charge in [-0.25, -0.2) is 9.82 Å². The van der Waals surface area contributed by atoms with E-state index in [-0.39, 0.29) is 24.7 Å². The second-order valence-electron chi connectivity index (χ2n) is 6.85. The van der Waals surface area contributed by atoms with Crippen LogP contribution in [0.4, 0.5) is 17.6 Å². The standard InChI is InChI=1S/C19H21ClF4N4O2/c1-11-8-28(13(3)15-5-4-14(21)6-16(15)19(22,23)24)18(30)9-27(11)17(12(2)20)7-25-26-10-29/h4-7,10-11,13H,8-9H2,1-3H3,(H,26,29)/b17-12-,25-7-/t11-,13?/m1/s1. The fourth-order valence-electron chi connectivity index (χ4n) is 3.37. The summed E-state index contributed by atoms with van der Waals surface area (Å²) in [4.78, 5) is 26.1. The summed E-state index contributed by atoms with van der Waals surface area (Å²) in [6.45, 7) is 4.80. The van der Waals surface area contributed by atoms with Gasteiger partial charge in [-0.1, -0.05) is 17.7 Å². The number of allylic oxidation sites excluding steroid dienone is 2. The van der Waals surface area contributed by atoms with E-state index in [0.717, 1.165) is 12.1 Å². The number of piperazine rings is 1. The van der Waals surface area contributed by atoms with Crippen LogP contribution in [0.15, 0.2) is 34.0 Å². The van der Waals surface area contributed by atoms with Crippen LogP contribution in [0.5, 0.6) is 0 Å². The molecule has 0 aliphatic carbocycles. The maximum absolute atomic E-state index is 13.4. The van der Waals surface area contributed by atoms with Crippen molar-refractivity contribution in [1.82, 2.24) is 15.2 Å². The summed E-state index contributed by atoms with van der Waals surface area (Å²) < 4.78 is 53.6. The van der Waals surface area contributed by atoms with Crippen molar-refractivity contribution in [3.8, 4) is 0 Å². The smallest absolute Gasteiger partial charge is 0.356 e. The number of hydrazone groups is 1. The largest absolute Gasteiger partial charge is 0.416 e. The van der Waals surface area contributed by atoms with E-state index in [1.165, 1.54) is 18.0 Å². The number of carbonyl (C=O) groups is 2. The van der Waals surface area contributed by atoms with Gasteiger partial charge in [0.1, 0.15) is 5.82 Å². The van der Waals surface area contributed by atoms with E-state index >= 15 is 0 Å². The van der Waals surface area contributed by atoms with Crippen molar-refractivity contribution < 1.29 is 27.2 Å². The van der Waals surface area contributed by atoms with Gasteiger partial charge >= 0.3 is 6.18 Å². The lowest BCUT2D eigenvalue weighted by Gasteiger charge is -2.44. The third-order valence-corrected chi connectivity index (χ3v) is 5.03. The molecule has 0 aromatic heterocycles. The zero-order valence-corrected chi connectivity index (χ0v) is 17.3. The maximum atomic E-state index is 13.4. The Morgan fingerprint density at radius 1 is 1.40 bits per heavy atom. The first-order chi connectivity index (χ1) is 14.0. The van der Waals surface area contributed by atoms with Crippen LogP contribution in [0, 0.1) is 5.82 Å². The summed E-state index contributed by atoms with van der Waals surface area (Å²) in [6, 6.07) is 1.20. The summed E-state index contributed by atoms with van der Waals surface area (Å²) in [5, 5.41) is 4.01. The van der Waals surface area contributed by atoms with E-state index in [9.17, 15) is 27.2 Å². The first-order valence-electron chi connectivity index (χ1n) is 8.98. The molecule has 30 heavy (non-hydrogen) atoms. The summed E-state index contributed by atoms with van der Waals surface area (Å²) >= 11 is 6.09. The SMILES string of the molecule is C/C(Cl)=C(\C=N/NC=O)N1CC(=O)N(C(C)c2ccc(F)cc2C(F)(F)F)C[C@H]1C. The van der Waals surface area contributed by atoms with Crippen LogP contribution in [0.3, 0.4) is 0 Å². The normalized spacial score (nSPS) is 19.7. The number of rotatable bonds is 6. The highest BCUT2D eigenvalue weighted by atomic mass is 35.5. The van der Waals surface area contributed by atoms with Gasteiger partial charge in [0.25, 0.3) is 0 Å². The van der Waals surface area contributed by atoms with Crippen molar-refractivity contribution in [1.29, 1.82) is 0 Å². The second kappa shape index (κ2) is 9.46. The topological polar surface area (TPSA) is 65.0 Å². The number of carbonyl (C=O) groups excluding carboxylic acids is 2. The van der Waals surface area contributed by atoms with Crippen molar-refractivity contribution in [3.05, 3.63) is 45.9 Å². The predicted molar refractivity (Wildman–Crippen MR) is 104 cm³/mol. The Balaban J connectivity index is 2.31. The van der Waals surface area contributed by atoms with E-state index in [1.807, 2.05) is 0 Å². The molecular formula is C19H21ClF4N4O2. The van der Waals surface area contributed by atoms with Gasteiger partial charge in [-0.05, 0) is 38.5 Å². The molecule has 164 valence electrons. The molecule has 1 aliphatic rings. The lowest BCUT2D eigenvalue weighted by atomic mass is 9.98. The Hall–Kier alpha value is -2.62. The summed E-state index contributed by atoms with van der Waals surface area (Å²) in [7, 11) is 0. The van der Waals surface area contributed by atoms with E-state index in [2.05, 4.69) is 10.5 Å². The van der Waals surface area contributed by atoms with Gasteiger partial charge in [-0.3, -0.25) is 9.59 Å². The van der Waals surface area contributed by atoms with Crippen LogP contribution >= 0.6 is 11.6 Å². The highest BCUT2D eigenvalue weighted by Crippen LogP contribution is 2.37. The molecule has 1 aromatic carbocycles. The fourth-order valence-corrected chi connectivity index (χ4v) is 3.53. The lowest BCUT2D eigenvalue weighted by molar-refractivity contribution is -0.143. The first-order valence-corrected chi connectivity index (χ1v) is 9.36. The number of benzene rings is 1. The van der Waals surface area contributed by atoms with Crippen LogP contribution in [0.25, 0.3) is 0 Å². The molecule has 2 atom stereocenters. The van der Waals surface area contributed by atoms with Gasteiger partial charge in [-0.15, -0.1) is 0 Å². The molecule has 0 bridgehead atoms. The lowest BCUT2D eigenvalue weighted by Crippen LogP contribution is -2.55. The van der Waals surface area contributed by atoms with E-state index in [0.29, 0.717) is 23.2 Å². The first kappa shape index (κ1) is 23.7. The molecule has 0 spiro atoms. The monoisotopic (exact) mass is 448 g/mol. The highest BCUT2D eigenvalue weighted by Gasteiger charge is 2.39. The molecule has 1 heterocycles. The Morgan fingerprint density at radius 3 is 2.63 bits per heavy atom. The van der Waals surface area contributed by atoms with Crippen LogP contribution in [0.2, 0.25) is 0 Å². The van der Waals surface area contributed by atoms with Crippen molar-refractivity contribution in [2.45, 2.75) is 39.0 Å². The summed E-state index contributed by atoms with van der Waals surface area (Å²) in [5.41, 5.74) is 1.22. The highest BCUT2D eigenvalue weighted by molar-refractivity contribution is 6.30. The number of nitrogens with zero attached hydrogens (tertiary/aromatic N) is 3. The minimum Gasteiger partial charge on any atom is -0.356 e. The molecular weight excluding hydrogens is 428 g/mol. The Labute approximate surface area is 176 Å². The van der Waals surface area contributed by atoms with Crippen LogP contribution in [0.1, 0.15) is 37.9 Å². The summed E-state index contributed by atoms with van der Waals surface area (Å²) in [5.74, 6) is -1.43. The minimum atomic E-state index is -4.75. The van der Waals surface area contributed by atoms with Crippen molar-refractivity contribution in [3.63, 3.8) is 0 Å². The number of halogens is 5. The van der Waals surface area contributed by atoms with Gasteiger partial charge in [0, 0.05) is 17.6 Å². The van der Waals surface area contributed by atoms with Crippen molar-refractivity contribution in [2.24, 2.45) is 5.10 Å². The molecule has 2 amide bonds. The van der Waals surface area contributed by atoms with Crippen LogP contribution < -0.4 is 5.43 Å². The van der Waals surface area contributed by atoms with Crippen LogP contribution in [-0.2, 0) is 15.8 Å². The molecule has 1 aliphatic heterocycles. The summed E-state index contributed by atoms with van der Waals surface area (Å²) in [6.07, 6.45) is -3.09. The molecule has 1 aromatic rings. The molecule has 2 rings (SSSR count). The van der Waals surface area contributed by atoms with Gasteiger partial charge in [-0.2, -0.15) is 18.3 Å². The number of hydrogen-bond acceptors (Lipinski definition) is 4. The minimum absolute atomic E-state index is 0.108.